The summed E-state index contributed by atoms with van der Waals surface area (Å²) in [6, 6.07) is 6.90. The molecule has 49 heavy (non-hydrogen) atoms. The lowest BCUT2D eigenvalue weighted by Crippen LogP contribution is -2.36. The van der Waals surface area contributed by atoms with Crippen molar-refractivity contribution in [2.24, 2.45) is 0 Å². The maximum absolute atomic E-state index is 12.1. The van der Waals surface area contributed by atoms with Crippen molar-refractivity contribution in [1.29, 1.82) is 0 Å². The topological polar surface area (TPSA) is 224 Å². The Kier molecular flexibility index (Phi) is 11.2. The highest BCUT2D eigenvalue weighted by Crippen LogP contribution is 2.49. The van der Waals surface area contributed by atoms with Crippen LogP contribution in [0.3, 0.4) is 0 Å². The Morgan fingerprint density at radius 1 is 0.796 bits per heavy atom. The minimum Gasteiger partial charge on any atom is -0.327 e. The van der Waals surface area contributed by atoms with Gasteiger partial charge in [0.1, 0.15) is 0 Å². The molecule has 2 aliphatic heterocycles. The van der Waals surface area contributed by atoms with Gasteiger partial charge in [-0.1, -0.05) is 30.4 Å². The fraction of sp³-hybridized carbons (Fsp3) is 0.276. The predicted octanol–water partition coefficient (Wildman–Crippen LogP) is 4.43. The van der Waals surface area contributed by atoms with E-state index in [9.17, 15) is 51.9 Å². The van der Waals surface area contributed by atoms with Gasteiger partial charge in [-0.05, 0) is 102 Å². The van der Waals surface area contributed by atoms with Crippen LogP contribution in [-0.4, -0.2) is 79.7 Å². The molecule has 2 aromatic rings. The van der Waals surface area contributed by atoms with Crippen molar-refractivity contribution in [1.82, 2.24) is 0 Å². The minimum atomic E-state index is -4.76. The predicted molar refractivity (Wildman–Crippen MR) is 201 cm³/mol. The van der Waals surface area contributed by atoms with Crippen LogP contribution in [0.1, 0.15) is 31.9 Å². The fourth-order valence-electron chi connectivity index (χ4n) is 6.08. The van der Waals surface area contributed by atoms with Gasteiger partial charge in [0, 0.05) is 30.7 Å². The van der Waals surface area contributed by atoms with Crippen LogP contribution in [0.2, 0.25) is 0 Å². The summed E-state index contributed by atoms with van der Waals surface area (Å²) >= 11 is 4.32. The number of hydrogen-bond acceptors (Lipinski definition) is 9. The molecule has 0 aromatic heterocycles. The van der Waals surface area contributed by atoms with Gasteiger partial charge >= 0.3 is 10.1 Å². The quantitative estimate of drug-likeness (QED) is 0.106. The van der Waals surface area contributed by atoms with E-state index >= 15 is 0 Å². The van der Waals surface area contributed by atoms with Crippen molar-refractivity contribution in [3.63, 3.8) is 0 Å². The largest absolute Gasteiger partial charge is 0.327 e. The first-order chi connectivity index (χ1) is 22.2. The summed E-state index contributed by atoms with van der Waals surface area (Å²) in [4.78, 5) is 0.456. The molecule has 4 N–H and O–H groups in total. The molecule has 0 bridgehead atoms. The zero-order chi connectivity index (χ0) is 37.0. The van der Waals surface area contributed by atoms with Crippen molar-refractivity contribution in [2.75, 3.05) is 22.4 Å². The second kappa shape index (κ2) is 13.8. The van der Waals surface area contributed by atoms with Crippen molar-refractivity contribution >= 4 is 103 Å². The normalized spacial score (nSPS) is 20.8. The highest BCUT2D eigenvalue weighted by atomic mass is 127. The number of fused-ring (bicyclic) bond motifs is 2. The maximum Gasteiger partial charge on any atom is 0.326 e. The van der Waals surface area contributed by atoms with Crippen LogP contribution in [0.5, 0.6) is 0 Å². The van der Waals surface area contributed by atoms with E-state index in [2.05, 4.69) is 45.2 Å². The number of benzene rings is 2. The molecular formula is C29H31I2N2O12S4+. The van der Waals surface area contributed by atoms with Crippen LogP contribution in [0.15, 0.2) is 83.5 Å². The molecule has 2 aliphatic rings. The van der Waals surface area contributed by atoms with Gasteiger partial charge in [-0.2, -0.15) is 38.2 Å². The van der Waals surface area contributed by atoms with Gasteiger partial charge in [0.25, 0.3) is 36.2 Å². The van der Waals surface area contributed by atoms with Crippen LogP contribution >= 0.6 is 45.2 Å². The van der Waals surface area contributed by atoms with Crippen LogP contribution in [-0.2, 0) is 51.3 Å². The maximum atomic E-state index is 12.1. The number of allylic oxidation sites excluding steroid dienone is 8. The second-order valence-corrected chi connectivity index (χ2v) is 20.1. The van der Waals surface area contributed by atoms with Gasteiger partial charge in [-0.3, -0.25) is 18.2 Å². The third-order valence-electron chi connectivity index (χ3n) is 7.90. The van der Waals surface area contributed by atoms with Gasteiger partial charge in [-0.25, -0.2) is 0 Å². The number of anilines is 1. The van der Waals surface area contributed by atoms with Gasteiger partial charge < -0.3 is 4.90 Å². The third-order valence-corrected chi connectivity index (χ3v) is 12.3. The molecule has 2 aromatic carbocycles. The van der Waals surface area contributed by atoms with Crippen molar-refractivity contribution in [2.45, 2.75) is 36.5 Å². The highest BCUT2D eigenvalue weighted by Gasteiger charge is 2.48. The summed E-state index contributed by atoms with van der Waals surface area (Å²) in [6.45, 7) is 5.19. The van der Waals surface area contributed by atoms with E-state index in [1.807, 2.05) is 26.0 Å². The lowest BCUT2D eigenvalue weighted by Gasteiger charge is -2.28. The molecule has 0 spiro atoms. The van der Waals surface area contributed by atoms with Gasteiger partial charge in [-0.15, -0.1) is 0 Å². The van der Waals surface area contributed by atoms with Gasteiger partial charge in [0.15, 0.2) is 11.6 Å². The van der Waals surface area contributed by atoms with Crippen LogP contribution < -0.4 is 4.90 Å². The molecule has 0 saturated carbocycles. The standard InChI is InChI=1S/C29H30I2N2O12S4/c1-28(2)25(33(18-48(40,41)42)24-14-19(30)13-22(31)27(24)28)9-7-5-4-6-8-10-26-29(3,16-46(34,35)36)21-15-20(49(43,44)45)11-12-23(21)32(26)17-47(37,38)39/h4-15H,16-18H2,1-3H3,(H3-,34,35,36,37,38,39,40,41,42,43,44,45)/p+1. The summed E-state index contributed by atoms with van der Waals surface area (Å²) in [7, 11) is -18.6. The molecule has 1 unspecified atom stereocenters. The number of halogens is 2. The second-order valence-electron chi connectivity index (χ2n) is 12.0. The SMILES string of the molecule is CC1(C)C(/C=C/C=C/C=C/C=C2\N(CS(=O)(=O)O)c3ccc(S(=O)(=O)O)cc3C2(C)CS(=O)(=O)O)=[N+](CS(=O)(=O)O)c2cc(I)cc(I)c21. The zero-order valence-electron chi connectivity index (χ0n) is 25.9. The van der Waals surface area contributed by atoms with E-state index in [1.54, 1.807) is 24.3 Å². The Balaban J connectivity index is 1.74. The Morgan fingerprint density at radius 2 is 1.41 bits per heavy atom. The monoisotopic (exact) mass is 981 g/mol. The summed E-state index contributed by atoms with van der Waals surface area (Å²) < 4.78 is 138. The Labute approximate surface area is 312 Å². The van der Waals surface area contributed by atoms with E-state index in [0.29, 0.717) is 11.4 Å². The fourth-order valence-corrected chi connectivity index (χ4v) is 11.3. The Hall–Kier alpha value is -2.03. The number of nitrogens with zero attached hydrogens (tertiary/aromatic N) is 2. The van der Waals surface area contributed by atoms with E-state index in [-0.39, 0.29) is 16.9 Å². The molecule has 2 heterocycles. The van der Waals surface area contributed by atoms with E-state index in [4.69, 9.17) is 0 Å². The summed E-state index contributed by atoms with van der Waals surface area (Å²) in [5.74, 6) is -2.71. The molecule has 14 nitrogen and oxygen atoms in total. The Bertz CT molecular complexity index is 2330. The van der Waals surface area contributed by atoms with E-state index in [0.717, 1.165) is 35.8 Å². The molecule has 0 aliphatic carbocycles. The molecule has 0 radical (unpaired) electrons. The average molecular weight is 982 g/mol. The average Bonchev–Trinajstić information content (AvgIpc) is 3.23. The van der Waals surface area contributed by atoms with Crippen LogP contribution in [0.4, 0.5) is 11.4 Å². The molecule has 0 fully saturated rings. The first-order valence-corrected chi connectivity index (χ1v) is 22.3. The lowest BCUT2D eigenvalue weighted by atomic mass is 9.81. The van der Waals surface area contributed by atoms with Gasteiger partial charge in [0.2, 0.25) is 5.69 Å². The summed E-state index contributed by atoms with van der Waals surface area (Å²) in [5.41, 5.74) is -0.279. The minimum absolute atomic E-state index is 0.0188. The highest BCUT2D eigenvalue weighted by molar-refractivity contribution is 14.1. The van der Waals surface area contributed by atoms with E-state index in [1.165, 1.54) is 29.7 Å². The molecule has 4 rings (SSSR count). The molecule has 266 valence electrons. The number of rotatable bonds is 11. The number of hydrogen-bond donors (Lipinski definition) is 4. The smallest absolute Gasteiger partial charge is 0.326 e. The molecule has 0 amide bonds. The first kappa shape index (κ1) is 39.8. The van der Waals surface area contributed by atoms with Gasteiger partial charge in [0.05, 0.1) is 27.0 Å². The third kappa shape index (κ3) is 9.07. The van der Waals surface area contributed by atoms with Crippen LogP contribution in [0, 0.1) is 7.14 Å². The summed E-state index contributed by atoms with van der Waals surface area (Å²) in [6.07, 6.45) is 10.8. The van der Waals surface area contributed by atoms with Crippen LogP contribution in [0.25, 0.3) is 0 Å². The summed E-state index contributed by atoms with van der Waals surface area (Å²) in [5, 5.41) is 0. The van der Waals surface area contributed by atoms with Crippen molar-refractivity contribution in [3.05, 3.63) is 96.8 Å². The van der Waals surface area contributed by atoms with E-state index < -0.39 is 73.7 Å². The first-order valence-electron chi connectivity index (χ1n) is 13.9. The van der Waals surface area contributed by atoms with Crippen molar-refractivity contribution in [3.8, 4) is 0 Å². The molecule has 1 atom stereocenters. The molecule has 0 saturated heterocycles. The zero-order valence-corrected chi connectivity index (χ0v) is 33.5. The van der Waals surface area contributed by atoms with Crippen molar-refractivity contribution < 1.29 is 56.5 Å². The molecular weight excluding hydrogens is 950 g/mol. The Morgan fingerprint density at radius 3 is 1.98 bits per heavy atom. The molecule has 20 heteroatoms. The lowest BCUT2D eigenvalue weighted by molar-refractivity contribution is -0.416.